The van der Waals surface area contributed by atoms with Gasteiger partial charge >= 0.3 is 6.01 Å². The topological polar surface area (TPSA) is 131 Å². The molecular formula is C23H25FN8O. The van der Waals surface area contributed by atoms with Crippen LogP contribution in [0.2, 0.25) is 0 Å². The third kappa shape index (κ3) is 3.25. The molecule has 9 nitrogen and oxygen atoms in total. The van der Waals surface area contributed by atoms with Crippen LogP contribution in [0.25, 0.3) is 21.9 Å². The zero-order valence-corrected chi connectivity index (χ0v) is 18.2. The van der Waals surface area contributed by atoms with Crippen LogP contribution in [-0.4, -0.2) is 46.1 Å². The molecule has 2 aliphatic rings. The number of aromatic nitrogens is 4. The molecule has 1 saturated heterocycles. The molecule has 1 saturated carbocycles. The minimum absolute atomic E-state index is 0.196. The molecule has 170 valence electrons. The van der Waals surface area contributed by atoms with Gasteiger partial charge in [-0.1, -0.05) is 0 Å². The first kappa shape index (κ1) is 20.1. The number of halogens is 1. The van der Waals surface area contributed by atoms with Crippen molar-refractivity contribution in [2.24, 2.45) is 23.3 Å². The summed E-state index contributed by atoms with van der Waals surface area (Å²) < 4.78 is 20.4. The Hall–Kier alpha value is -3.50. The highest BCUT2D eigenvalue weighted by Crippen LogP contribution is 2.44. The Morgan fingerprint density at radius 1 is 1.27 bits per heavy atom. The Kier molecular flexibility index (Phi) is 4.59. The molecule has 3 aromatic heterocycles. The van der Waals surface area contributed by atoms with Crippen molar-refractivity contribution in [2.45, 2.75) is 19.0 Å². The van der Waals surface area contributed by atoms with Crippen molar-refractivity contribution in [1.82, 2.24) is 19.9 Å². The second kappa shape index (κ2) is 7.53. The molecular weight excluding hydrogens is 423 g/mol. The highest BCUT2D eigenvalue weighted by atomic mass is 19.1. The lowest BCUT2D eigenvalue weighted by Crippen LogP contribution is -2.46. The zero-order chi connectivity index (χ0) is 22.7. The third-order valence-corrected chi connectivity index (χ3v) is 6.89. The molecule has 3 atom stereocenters. The molecule has 0 radical (unpaired) electrons. The van der Waals surface area contributed by atoms with E-state index in [0.29, 0.717) is 35.5 Å². The van der Waals surface area contributed by atoms with Gasteiger partial charge in [-0.2, -0.15) is 9.97 Å². The molecule has 1 aliphatic carbocycles. The first-order chi connectivity index (χ1) is 16.0. The lowest BCUT2D eigenvalue weighted by atomic mass is 9.72. The Bertz CT molecular complexity index is 1350. The molecule has 4 heterocycles. The Balaban J connectivity index is 1.50. The molecule has 6 N–H and O–H groups in total. The van der Waals surface area contributed by atoms with E-state index in [1.807, 2.05) is 0 Å². The highest BCUT2D eigenvalue weighted by Gasteiger charge is 2.46. The maximum absolute atomic E-state index is 14.4. The summed E-state index contributed by atoms with van der Waals surface area (Å²) in [5.41, 5.74) is 14.6. The van der Waals surface area contributed by atoms with E-state index in [0.717, 1.165) is 47.3 Å². The quantitative estimate of drug-likeness (QED) is 0.367. The van der Waals surface area contributed by atoms with Crippen molar-refractivity contribution in [3.8, 4) is 11.8 Å². The van der Waals surface area contributed by atoms with Gasteiger partial charge in [0.25, 0.3) is 0 Å². The number of aromatic amines is 1. The molecule has 4 aromatic rings. The number of nitrogens with zero attached hydrogens (tertiary/aromatic N) is 4. The summed E-state index contributed by atoms with van der Waals surface area (Å²) in [5, 5.41) is 4.56. The van der Waals surface area contributed by atoms with Crippen molar-refractivity contribution in [2.75, 3.05) is 30.4 Å². The van der Waals surface area contributed by atoms with Crippen molar-refractivity contribution >= 4 is 33.4 Å². The fourth-order valence-corrected chi connectivity index (χ4v) is 5.13. The number of ether oxygens (including phenoxy) is 1. The largest absolute Gasteiger partial charge is 0.423 e. The van der Waals surface area contributed by atoms with E-state index >= 15 is 0 Å². The number of fused-ring (bicyclic) bond motifs is 4. The number of nitrogens with one attached hydrogen (secondary N) is 2. The molecule has 10 heteroatoms. The van der Waals surface area contributed by atoms with Crippen LogP contribution < -0.4 is 26.4 Å². The SMILES string of the molecule is CNc1cc(F)cc2c1[nH]c1nc(Oc3ccc(CN)nc3)nc(N3CC4C[C@@H](N)C4C3)c12. The van der Waals surface area contributed by atoms with Crippen LogP contribution in [-0.2, 0) is 6.54 Å². The van der Waals surface area contributed by atoms with E-state index in [-0.39, 0.29) is 17.9 Å². The maximum Gasteiger partial charge on any atom is 0.326 e. The van der Waals surface area contributed by atoms with Crippen LogP contribution in [0, 0.1) is 17.7 Å². The number of hydrogen-bond donors (Lipinski definition) is 4. The van der Waals surface area contributed by atoms with Gasteiger partial charge in [-0.3, -0.25) is 4.98 Å². The van der Waals surface area contributed by atoms with Crippen LogP contribution in [0.4, 0.5) is 15.9 Å². The molecule has 1 aliphatic heterocycles. The first-order valence-corrected chi connectivity index (χ1v) is 11.1. The molecule has 0 amide bonds. The Morgan fingerprint density at radius 3 is 2.85 bits per heavy atom. The first-order valence-electron chi connectivity index (χ1n) is 11.1. The number of anilines is 2. The van der Waals surface area contributed by atoms with Gasteiger partial charge in [-0.15, -0.1) is 0 Å². The fourth-order valence-electron chi connectivity index (χ4n) is 5.13. The second-order valence-electron chi connectivity index (χ2n) is 8.82. The number of H-pyrrole nitrogens is 1. The van der Waals surface area contributed by atoms with Crippen LogP contribution in [0.5, 0.6) is 11.8 Å². The van der Waals surface area contributed by atoms with Gasteiger partial charge in [0.05, 0.1) is 28.5 Å². The highest BCUT2D eigenvalue weighted by molar-refractivity contribution is 6.14. The van der Waals surface area contributed by atoms with Crippen LogP contribution >= 0.6 is 0 Å². The van der Waals surface area contributed by atoms with Crippen LogP contribution in [0.15, 0.2) is 30.5 Å². The minimum atomic E-state index is -0.325. The van der Waals surface area contributed by atoms with Crippen molar-refractivity contribution in [3.63, 3.8) is 0 Å². The fraction of sp³-hybridized carbons (Fsp3) is 0.348. The number of rotatable bonds is 5. The van der Waals surface area contributed by atoms with E-state index < -0.39 is 0 Å². The molecule has 6 rings (SSSR count). The molecule has 33 heavy (non-hydrogen) atoms. The van der Waals surface area contributed by atoms with Gasteiger partial charge in [0.15, 0.2) is 0 Å². The van der Waals surface area contributed by atoms with Gasteiger partial charge in [-0.05, 0) is 42.5 Å². The summed E-state index contributed by atoms with van der Waals surface area (Å²) in [4.78, 5) is 19.2. The van der Waals surface area contributed by atoms with Gasteiger partial charge in [0.1, 0.15) is 23.0 Å². The van der Waals surface area contributed by atoms with Gasteiger partial charge in [0.2, 0.25) is 0 Å². The maximum atomic E-state index is 14.4. The monoisotopic (exact) mass is 448 g/mol. The summed E-state index contributed by atoms with van der Waals surface area (Å²) in [6.07, 6.45) is 2.62. The Morgan fingerprint density at radius 2 is 2.15 bits per heavy atom. The summed E-state index contributed by atoms with van der Waals surface area (Å²) in [6, 6.07) is 6.99. The van der Waals surface area contributed by atoms with E-state index in [2.05, 4.69) is 25.2 Å². The predicted octanol–water partition coefficient (Wildman–Crippen LogP) is 2.72. The van der Waals surface area contributed by atoms with Crippen molar-refractivity contribution in [3.05, 3.63) is 42.0 Å². The summed E-state index contributed by atoms with van der Waals surface area (Å²) in [7, 11) is 1.76. The number of nitrogens with two attached hydrogens (primary N) is 2. The average Bonchev–Trinajstić information content (AvgIpc) is 3.36. The van der Waals surface area contributed by atoms with Gasteiger partial charge in [-0.25, -0.2) is 4.39 Å². The summed E-state index contributed by atoms with van der Waals surface area (Å²) in [6.45, 7) is 2.02. The van der Waals surface area contributed by atoms with E-state index in [9.17, 15) is 4.39 Å². The van der Waals surface area contributed by atoms with Gasteiger partial charge in [0, 0.05) is 38.1 Å². The zero-order valence-electron chi connectivity index (χ0n) is 18.2. The molecule has 2 unspecified atom stereocenters. The Labute approximate surface area is 189 Å². The summed E-state index contributed by atoms with van der Waals surface area (Å²) in [5.74, 6) is 1.91. The van der Waals surface area contributed by atoms with Crippen LogP contribution in [0.3, 0.4) is 0 Å². The molecule has 0 bridgehead atoms. The third-order valence-electron chi connectivity index (χ3n) is 6.89. The summed E-state index contributed by atoms with van der Waals surface area (Å²) >= 11 is 0. The van der Waals surface area contributed by atoms with Crippen molar-refractivity contribution < 1.29 is 9.13 Å². The van der Waals surface area contributed by atoms with Crippen LogP contribution in [0.1, 0.15) is 12.1 Å². The molecule has 0 spiro atoms. The standard InChI is InChI=1S/C23H25FN8O/c1-27-18-6-12(24)5-15-19-21(29-20(15)18)30-23(33-14-3-2-13(7-25)28-8-14)31-22(19)32-9-11-4-17(26)16(11)10-32/h2-3,5-6,8,11,16-17,27H,4,7,9-10,25-26H2,1H3,(H,29,30,31)/t11?,16?,17-/m1/s1. The van der Waals surface area contributed by atoms with E-state index in [1.165, 1.54) is 12.1 Å². The normalized spacial score (nSPS) is 21.9. The number of hydrogen-bond acceptors (Lipinski definition) is 8. The predicted molar refractivity (Wildman–Crippen MR) is 125 cm³/mol. The van der Waals surface area contributed by atoms with E-state index in [4.69, 9.17) is 21.2 Å². The van der Waals surface area contributed by atoms with Gasteiger partial charge < -0.3 is 31.4 Å². The molecule has 2 fully saturated rings. The number of benzene rings is 1. The lowest BCUT2D eigenvalue weighted by molar-refractivity contribution is 0.194. The molecule has 1 aromatic carbocycles. The lowest BCUT2D eigenvalue weighted by Gasteiger charge is -2.36. The minimum Gasteiger partial charge on any atom is -0.423 e. The average molecular weight is 449 g/mol. The van der Waals surface area contributed by atoms with E-state index in [1.54, 1.807) is 25.4 Å². The van der Waals surface area contributed by atoms with Crippen molar-refractivity contribution in [1.29, 1.82) is 0 Å². The number of pyridine rings is 1. The second-order valence-corrected chi connectivity index (χ2v) is 8.82. The smallest absolute Gasteiger partial charge is 0.326 e.